The first-order valence-electron chi connectivity index (χ1n) is 7.74. The molecule has 5 nitrogen and oxygen atoms in total. The number of nitrogens with one attached hydrogen (secondary N) is 1. The molecule has 1 fully saturated rings. The second-order valence-electron chi connectivity index (χ2n) is 5.28. The number of piperazine rings is 1. The van der Waals surface area contributed by atoms with Crippen LogP contribution in [0, 0.1) is 0 Å². The number of hydrogen-bond donors (Lipinski definition) is 1. The van der Waals surface area contributed by atoms with Crippen LogP contribution in [0.5, 0.6) is 0 Å². The summed E-state index contributed by atoms with van der Waals surface area (Å²) in [6, 6.07) is 10.2. The maximum absolute atomic E-state index is 12.1. The second-order valence-corrected chi connectivity index (χ2v) is 6.31. The highest BCUT2D eigenvalue weighted by atomic mass is 32.2. The van der Waals surface area contributed by atoms with E-state index in [-0.39, 0.29) is 18.4 Å². The molecule has 0 aromatic heterocycles. The summed E-state index contributed by atoms with van der Waals surface area (Å²) in [6.07, 6.45) is 1.76. The molecule has 1 aliphatic heterocycles. The fraction of sp³-hybridized carbons (Fsp3) is 0.412. The Hall–Kier alpha value is -1.95. The molecule has 0 unspecified atom stereocenters. The van der Waals surface area contributed by atoms with Gasteiger partial charge < -0.3 is 15.1 Å². The van der Waals surface area contributed by atoms with Gasteiger partial charge in [0.05, 0.1) is 12.3 Å². The Morgan fingerprint density at radius 1 is 1.17 bits per heavy atom. The third-order valence-corrected chi connectivity index (χ3v) is 4.60. The van der Waals surface area contributed by atoms with Crippen molar-refractivity contribution in [3.8, 4) is 0 Å². The molecule has 0 atom stereocenters. The van der Waals surface area contributed by atoms with Gasteiger partial charge in [0, 0.05) is 37.6 Å². The van der Waals surface area contributed by atoms with Crippen molar-refractivity contribution in [1.82, 2.24) is 10.2 Å². The van der Waals surface area contributed by atoms with Crippen molar-refractivity contribution in [2.45, 2.75) is 0 Å². The number of benzene rings is 1. The molecule has 0 aliphatic carbocycles. The molecule has 0 spiro atoms. The summed E-state index contributed by atoms with van der Waals surface area (Å²) in [7, 11) is 0. The largest absolute Gasteiger partial charge is 0.368 e. The van der Waals surface area contributed by atoms with Gasteiger partial charge in [0.15, 0.2) is 0 Å². The van der Waals surface area contributed by atoms with E-state index in [2.05, 4.69) is 28.9 Å². The van der Waals surface area contributed by atoms with E-state index in [1.54, 1.807) is 6.08 Å². The van der Waals surface area contributed by atoms with Crippen LogP contribution in [-0.4, -0.2) is 60.9 Å². The second kappa shape index (κ2) is 9.25. The van der Waals surface area contributed by atoms with Gasteiger partial charge in [0.1, 0.15) is 0 Å². The van der Waals surface area contributed by atoms with E-state index in [0.29, 0.717) is 18.8 Å². The lowest BCUT2D eigenvalue weighted by Gasteiger charge is -2.36. The minimum absolute atomic E-state index is 0.0141. The normalized spacial score (nSPS) is 14.4. The average Bonchev–Trinajstić information content (AvgIpc) is 2.61. The lowest BCUT2D eigenvalue weighted by atomic mass is 10.2. The van der Waals surface area contributed by atoms with Crippen LogP contribution in [-0.2, 0) is 9.59 Å². The predicted octanol–water partition coefficient (Wildman–Crippen LogP) is 1.37. The zero-order valence-corrected chi connectivity index (χ0v) is 14.1. The molecule has 1 aliphatic rings. The number of amides is 2. The number of carbonyl (C=O) groups is 2. The molecule has 1 saturated heterocycles. The summed E-state index contributed by atoms with van der Waals surface area (Å²) in [5, 5.41) is 2.68. The van der Waals surface area contributed by atoms with Crippen LogP contribution in [0.15, 0.2) is 43.0 Å². The van der Waals surface area contributed by atoms with E-state index < -0.39 is 0 Å². The molecule has 1 aromatic rings. The van der Waals surface area contributed by atoms with Crippen LogP contribution in [0.1, 0.15) is 0 Å². The maximum Gasteiger partial charge on any atom is 0.242 e. The van der Waals surface area contributed by atoms with Crippen LogP contribution in [0.3, 0.4) is 0 Å². The first kappa shape index (κ1) is 17.4. The van der Waals surface area contributed by atoms with E-state index in [1.807, 2.05) is 23.1 Å². The summed E-state index contributed by atoms with van der Waals surface area (Å²) < 4.78 is 0. The fourth-order valence-electron chi connectivity index (χ4n) is 2.42. The SMILES string of the molecule is C=CCSCC(=O)NCC(=O)N1CCN(c2ccccc2)CC1. The number of anilines is 1. The van der Waals surface area contributed by atoms with Crippen LogP contribution in [0.4, 0.5) is 5.69 Å². The number of thioether (sulfide) groups is 1. The topological polar surface area (TPSA) is 52.7 Å². The van der Waals surface area contributed by atoms with Crippen LogP contribution >= 0.6 is 11.8 Å². The quantitative estimate of drug-likeness (QED) is 0.605. The Labute approximate surface area is 141 Å². The number of carbonyl (C=O) groups excluding carboxylic acids is 2. The molecule has 2 amide bonds. The Morgan fingerprint density at radius 2 is 1.87 bits per heavy atom. The first-order chi connectivity index (χ1) is 11.2. The molecule has 23 heavy (non-hydrogen) atoms. The summed E-state index contributed by atoms with van der Waals surface area (Å²) >= 11 is 1.48. The molecular formula is C17H23N3O2S. The monoisotopic (exact) mass is 333 g/mol. The zero-order chi connectivity index (χ0) is 16.5. The van der Waals surface area contributed by atoms with Gasteiger partial charge in [-0.2, -0.15) is 0 Å². The average molecular weight is 333 g/mol. The summed E-state index contributed by atoms with van der Waals surface area (Å²) in [6.45, 7) is 6.70. The van der Waals surface area contributed by atoms with Gasteiger partial charge in [0.25, 0.3) is 0 Å². The first-order valence-corrected chi connectivity index (χ1v) is 8.89. The molecule has 1 heterocycles. The molecular weight excluding hydrogens is 310 g/mol. The maximum atomic E-state index is 12.1. The van der Waals surface area contributed by atoms with Crippen LogP contribution in [0.25, 0.3) is 0 Å². The van der Waals surface area contributed by atoms with Crippen molar-refractivity contribution in [1.29, 1.82) is 0 Å². The van der Waals surface area contributed by atoms with Crippen molar-refractivity contribution >= 4 is 29.3 Å². The highest BCUT2D eigenvalue weighted by molar-refractivity contribution is 8.00. The molecule has 0 radical (unpaired) electrons. The minimum atomic E-state index is -0.104. The molecule has 2 rings (SSSR count). The van der Waals surface area contributed by atoms with E-state index >= 15 is 0 Å². The molecule has 0 saturated carbocycles. The van der Waals surface area contributed by atoms with Crippen molar-refractivity contribution in [2.24, 2.45) is 0 Å². The van der Waals surface area contributed by atoms with Gasteiger partial charge in [-0.25, -0.2) is 0 Å². The highest BCUT2D eigenvalue weighted by Crippen LogP contribution is 2.15. The highest BCUT2D eigenvalue weighted by Gasteiger charge is 2.21. The summed E-state index contributed by atoms with van der Waals surface area (Å²) in [5.74, 6) is 0.983. The lowest BCUT2D eigenvalue weighted by molar-refractivity contribution is -0.132. The Morgan fingerprint density at radius 3 is 2.52 bits per heavy atom. The van der Waals surface area contributed by atoms with Crippen molar-refractivity contribution in [3.05, 3.63) is 43.0 Å². The summed E-state index contributed by atoms with van der Waals surface area (Å²) in [4.78, 5) is 27.8. The molecule has 1 N–H and O–H groups in total. The van der Waals surface area contributed by atoms with Crippen LogP contribution in [0.2, 0.25) is 0 Å². The van der Waals surface area contributed by atoms with Gasteiger partial charge >= 0.3 is 0 Å². The zero-order valence-electron chi connectivity index (χ0n) is 13.2. The van der Waals surface area contributed by atoms with E-state index in [4.69, 9.17) is 0 Å². The van der Waals surface area contributed by atoms with Gasteiger partial charge in [-0.15, -0.1) is 18.3 Å². The van der Waals surface area contributed by atoms with Crippen molar-refractivity contribution < 1.29 is 9.59 Å². The van der Waals surface area contributed by atoms with Gasteiger partial charge in [-0.05, 0) is 12.1 Å². The number of para-hydroxylation sites is 1. The summed E-state index contributed by atoms with van der Waals surface area (Å²) in [5.41, 5.74) is 1.19. The number of rotatable bonds is 7. The minimum Gasteiger partial charge on any atom is -0.368 e. The number of hydrogen-bond acceptors (Lipinski definition) is 4. The molecule has 1 aromatic carbocycles. The fourth-order valence-corrected chi connectivity index (χ4v) is 3.00. The Bertz CT molecular complexity index is 528. The smallest absolute Gasteiger partial charge is 0.242 e. The van der Waals surface area contributed by atoms with Crippen LogP contribution < -0.4 is 10.2 Å². The van der Waals surface area contributed by atoms with Gasteiger partial charge in [-0.1, -0.05) is 24.3 Å². The lowest BCUT2D eigenvalue weighted by Crippen LogP contribution is -2.51. The molecule has 6 heteroatoms. The van der Waals surface area contributed by atoms with Gasteiger partial charge in [-0.3, -0.25) is 9.59 Å². The van der Waals surface area contributed by atoms with Gasteiger partial charge in [0.2, 0.25) is 11.8 Å². The van der Waals surface area contributed by atoms with E-state index in [1.165, 1.54) is 17.4 Å². The van der Waals surface area contributed by atoms with Crippen molar-refractivity contribution in [3.63, 3.8) is 0 Å². The standard InChI is InChI=1S/C17H23N3O2S/c1-2-12-23-14-16(21)18-13-17(22)20-10-8-19(9-11-20)15-6-4-3-5-7-15/h2-7H,1,8-14H2,(H,18,21). The number of nitrogens with zero attached hydrogens (tertiary/aromatic N) is 2. The van der Waals surface area contributed by atoms with E-state index in [0.717, 1.165) is 18.8 Å². The molecule has 124 valence electrons. The Balaban J connectivity index is 1.69. The third kappa shape index (κ3) is 5.63. The van der Waals surface area contributed by atoms with Crippen molar-refractivity contribution in [2.75, 3.05) is 49.1 Å². The molecule has 0 bridgehead atoms. The van der Waals surface area contributed by atoms with E-state index in [9.17, 15) is 9.59 Å². The predicted molar refractivity (Wildman–Crippen MR) is 95.8 cm³/mol. The third-order valence-electron chi connectivity index (χ3n) is 3.66. The Kier molecular flexibility index (Phi) is 7.00.